The molecule has 1 heterocycles. The van der Waals surface area contributed by atoms with E-state index < -0.39 is 32.4 Å². The molecule has 0 aliphatic carbocycles. The van der Waals surface area contributed by atoms with Gasteiger partial charge in [-0.05, 0) is 24.3 Å². The van der Waals surface area contributed by atoms with Gasteiger partial charge in [-0.2, -0.15) is 4.31 Å². The predicted molar refractivity (Wildman–Crippen MR) is 102 cm³/mol. The van der Waals surface area contributed by atoms with E-state index in [-0.39, 0.29) is 36.6 Å². The van der Waals surface area contributed by atoms with Crippen LogP contribution in [0, 0.1) is 15.9 Å². The third-order valence-electron chi connectivity index (χ3n) is 4.32. The van der Waals surface area contributed by atoms with Crippen LogP contribution in [0.4, 0.5) is 10.1 Å². The van der Waals surface area contributed by atoms with E-state index in [1.165, 1.54) is 35.2 Å². The first-order valence-corrected chi connectivity index (χ1v) is 10.4. The van der Waals surface area contributed by atoms with Crippen molar-refractivity contribution in [3.05, 3.63) is 68.4 Å². The van der Waals surface area contributed by atoms with Crippen LogP contribution < -0.4 is 0 Å². The molecular weight excluding hydrogens is 457 g/mol. The zero-order chi connectivity index (χ0) is 20.5. The van der Waals surface area contributed by atoms with Gasteiger partial charge in [0.2, 0.25) is 10.0 Å². The number of nitro benzene ring substituents is 1. The molecule has 0 spiro atoms. The number of amides is 1. The van der Waals surface area contributed by atoms with Crippen molar-refractivity contribution in [2.75, 3.05) is 26.2 Å². The Morgan fingerprint density at radius 3 is 2.36 bits per heavy atom. The van der Waals surface area contributed by atoms with Crippen molar-refractivity contribution in [3.63, 3.8) is 0 Å². The highest BCUT2D eigenvalue weighted by Crippen LogP contribution is 2.27. The van der Waals surface area contributed by atoms with E-state index in [1.807, 2.05) is 0 Å². The van der Waals surface area contributed by atoms with Crippen LogP contribution >= 0.6 is 15.9 Å². The quantitative estimate of drug-likeness (QED) is 0.503. The largest absolute Gasteiger partial charge is 0.336 e. The number of piperazine rings is 1. The summed E-state index contributed by atoms with van der Waals surface area (Å²) in [6.07, 6.45) is 0. The molecule has 8 nitrogen and oxygen atoms in total. The number of halogens is 2. The predicted octanol–water partition coefficient (Wildman–Crippen LogP) is 2.64. The maximum Gasteiger partial charge on any atom is 0.289 e. The SMILES string of the molecule is O=C(c1cc(F)cc(Br)c1)N1CCN(S(=O)(=O)c2ccccc2[N+](=O)[O-])CC1. The number of benzene rings is 2. The monoisotopic (exact) mass is 471 g/mol. The molecule has 0 radical (unpaired) electrons. The van der Waals surface area contributed by atoms with E-state index in [2.05, 4.69) is 15.9 Å². The summed E-state index contributed by atoms with van der Waals surface area (Å²) < 4.78 is 40.7. The van der Waals surface area contributed by atoms with Crippen molar-refractivity contribution in [1.82, 2.24) is 9.21 Å². The summed E-state index contributed by atoms with van der Waals surface area (Å²) in [5, 5.41) is 11.1. The van der Waals surface area contributed by atoms with Crippen LogP contribution in [0.1, 0.15) is 10.4 Å². The minimum atomic E-state index is -4.08. The van der Waals surface area contributed by atoms with Gasteiger partial charge >= 0.3 is 0 Å². The zero-order valence-corrected chi connectivity index (χ0v) is 16.8. The Morgan fingerprint density at radius 1 is 1.11 bits per heavy atom. The molecule has 0 atom stereocenters. The lowest BCUT2D eigenvalue weighted by atomic mass is 10.2. The summed E-state index contributed by atoms with van der Waals surface area (Å²) in [5.74, 6) is -0.974. The molecule has 1 aliphatic rings. The van der Waals surface area contributed by atoms with Gasteiger partial charge in [0.1, 0.15) is 5.82 Å². The molecule has 0 N–H and O–H groups in total. The first kappa shape index (κ1) is 20.4. The smallest absolute Gasteiger partial charge is 0.289 e. The number of nitrogens with zero attached hydrogens (tertiary/aromatic N) is 3. The zero-order valence-electron chi connectivity index (χ0n) is 14.4. The van der Waals surface area contributed by atoms with Crippen molar-refractivity contribution in [3.8, 4) is 0 Å². The normalized spacial score (nSPS) is 15.4. The fourth-order valence-corrected chi connectivity index (χ4v) is 5.00. The Bertz CT molecular complexity index is 1020. The van der Waals surface area contributed by atoms with E-state index in [0.29, 0.717) is 4.47 Å². The van der Waals surface area contributed by atoms with E-state index in [0.717, 1.165) is 16.4 Å². The average molecular weight is 472 g/mol. The molecule has 2 aromatic carbocycles. The lowest BCUT2D eigenvalue weighted by Crippen LogP contribution is -2.50. The second kappa shape index (κ2) is 7.94. The summed E-state index contributed by atoms with van der Waals surface area (Å²) in [6, 6.07) is 8.97. The molecule has 1 saturated heterocycles. The number of hydrogen-bond acceptors (Lipinski definition) is 5. The molecule has 0 unspecified atom stereocenters. The summed E-state index contributed by atoms with van der Waals surface area (Å²) >= 11 is 3.13. The molecule has 11 heteroatoms. The number of sulfonamides is 1. The van der Waals surface area contributed by atoms with Crippen molar-refractivity contribution < 1.29 is 22.5 Å². The highest BCUT2D eigenvalue weighted by molar-refractivity contribution is 9.10. The number of rotatable bonds is 4. The minimum absolute atomic E-state index is 0.0173. The Kier molecular flexibility index (Phi) is 5.77. The maximum absolute atomic E-state index is 13.5. The second-order valence-electron chi connectivity index (χ2n) is 6.08. The molecule has 0 aromatic heterocycles. The van der Waals surface area contributed by atoms with Gasteiger partial charge in [-0.3, -0.25) is 14.9 Å². The number of hydrogen-bond donors (Lipinski definition) is 0. The molecule has 0 saturated carbocycles. The van der Waals surface area contributed by atoms with Gasteiger partial charge in [0.15, 0.2) is 4.90 Å². The van der Waals surface area contributed by atoms with Crippen molar-refractivity contribution >= 4 is 37.5 Å². The van der Waals surface area contributed by atoms with Gasteiger partial charge in [0.05, 0.1) is 4.92 Å². The van der Waals surface area contributed by atoms with E-state index in [9.17, 15) is 27.7 Å². The second-order valence-corrected chi connectivity index (χ2v) is 8.90. The Morgan fingerprint density at radius 2 is 1.75 bits per heavy atom. The fraction of sp³-hybridized carbons (Fsp3) is 0.235. The van der Waals surface area contributed by atoms with E-state index in [4.69, 9.17) is 0 Å². The molecule has 1 fully saturated rings. The van der Waals surface area contributed by atoms with Gasteiger partial charge in [0, 0.05) is 42.3 Å². The van der Waals surface area contributed by atoms with Crippen molar-refractivity contribution in [1.29, 1.82) is 0 Å². The standard InChI is InChI=1S/C17H15BrFN3O5S/c18-13-9-12(10-14(19)11-13)17(23)20-5-7-21(8-6-20)28(26,27)16-4-2-1-3-15(16)22(24)25/h1-4,9-11H,5-8H2. The van der Waals surface area contributed by atoms with Crippen molar-refractivity contribution in [2.45, 2.75) is 4.90 Å². The average Bonchev–Trinajstić information content (AvgIpc) is 2.66. The molecule has 0 bridgehead atoms. The molecule has 28 heavy (non-hydrogen) atoms. The maximum atomic E-state index is 13.5. The molecule has 148 valence electrons. The molecule has 3 rings (SSSR count). The van der Waals surface area contributed by atoms with Crippen LogP contribution in [-0.4, -0.2) is 54.6 Å². The van der Waals surface area contributed by atoms with Crippen LogP contribution in [0.25, 0.3) is 0 Å². The first-order valence-electron chi connectivity index (χ1n) is 8.19. The molecule has 1 amide bonds. The number of carbonyl (C=O) groups excluding carboxylic acids is 1. The summed E-state index contributed by atoms with van der Waals surface area (Å²) in [7, 11) is -4.08. The fourth-order valence-electron chi connectivity index (χ4n) is 2.96. The Hall–Kier alpha value is -2.37. The lowest BCUT2D eigenvalue weighted by molar-refractivity contribution is -0.387. The van der Waals surface area contributed by atoms with Crippen molar-refractivity contribution in [2.24, 2.45) is 0 Å². The first-order chi connectivity index (χ1) is 13.2. The van der Waals surface area contributed by atoms with E-state index in [1.54, 1.807) is 0 Å². The summed E-state index contributed by atoms with van der Waals surface area (Å²) in [6.45, 7) is 0.146. The van der Waals surface area contributed by atoms with Crippen LogP contribution in [-0.2, 0) is 10.0 Å². The number of carbonyl (C=O) groups is 1. The Labute approximate surface area is 168 Å². The van der Waals surface area contributed by atoms with E-state index >= 15 is 0 Å². The van der Waals surface area contributed by atoms with Crippen LogP contribution in [0.5, 0.6) is 0 Å². The van der Waals surface area contributed by atoms with Gasteiger partial charge in [0.25, 0.3) is 11.6 Å². The highest BCUT2D eigenvalue weighted by atomic mass is 79.9. The van der Waals surface area contributed by atoms with Gasteiger partial charge in [-0.25, -0.2) is 12.8 Å². The molecule has 2 aromatic rings. The van der Waals surface area contributed by atoms with Gasteiger partial charge in [-0.1, -0.05) is 28.1 Å². The third kappa shape index (κ3) is 4.05. The van der Waals surface area contributed by atoms with Crippen LogP contribution in [0.2, 0.25) is 0 Å². The number of para-hydroxylation sites is 1. The minimum Gasteiger partial charge on any atom is -0.336 e. The van der Waals surface area contributed by atoms with Gasteiger partial charge in [-0.15, -0.1) is 0 Å². The topological polar surface area (TPSA) is 101 Å². The number of nitro groups is 1. The third-order valence-corrected chi connectivity index (χ3v) is 6.72. The van der Waals surface area contributed by atoms with Crippen LogP contribution in [0.3, 0.4) is 0 Å². The highest BCUT2D eigenvalue weighted by Gasteiger charge is 2.34. The molecule has 1 aliphatic heterocycles. The van der Waals surface area contributed by atoms with Gasteiger partial charge < -0.3 is 4.90 Å². The molecular formula is C17H15BrFN3O5S. The summed E-state index contributed by atoms with van der Waals surface area (Å²) in [4.78, 5) is 24.0. The Balaban J connectivity index is 1.76. The van der Waals surface area contributed by atoms with Crippen LogP contribution in [0.15, 0.2) is 51.8 Å². The lowest BCUT2D eigenvalue weighted by Gasteiger charge is -2.34. The summed E-state index contributed by atoms with van der Waals surface area (Å²) in [5.41, 5.74) is -0.340.